The van der Waals surface area contributed by atoms with E-state index in [0.717, 1.165) is 64.3 Å². The van der Waals surface area contributed by atoms with Crippen LogP contribution in [0.2, 0.25) is 0 Å². The van der Waals surface area contributed by atoms with Gasteiger partial charge in [-0.15, -0.1) is 0 Å². The quantitative estimate of drug-likeness (QED) is 0.429. The maximum Gasteiger partial charge on any atom is 0.306 e. The van der Waals surface area contributed by atoms with E-state index in [1.165, 1.54) is 0 Å². The van der Waals surface area contributed by atoms with Gasteiger partial charge in [0.15, 0.2) is 0 Å². The maximum atomic E-state index is 11.0. The fraction of sp³-hybridized carbons (Fsp3) is 0.250. The molecule has 31 heavy (non-hydrogen) atoms. The number of aliphatic carboxylic acids is 1. The summed E-state index contributed by atoms with van der Waals surface area (Å²) < 4.78 is 0. The van der Waals surface area contributed by atoms with Crippen LogP contribution in [0.4, 0.5) is 5.69 Å². The molecule has 7 heteroatoms. The van der Waals surface area contributed by atoms with Gasteiger partial charge >= 0.3 is 5.97 Å². The van der Waals surface area contributed by atoms with E-state index < -0.39 is 5.97 Å². The topological polar surface area (TPSA) is 104 Å². The highest BCUT2D eigenvalue weighted by molar-refractivity contribution is 5.88. The first-order valence-electron chi connectivity index (χ1n) is 10.4. The molecule has 5 rings (SSSR count). The number of aromatic nitrogens is 4. The standard InChI is InChI=1S/C24H23N5O2/c1-14-3-2-4-21(29-14)23-22(27-13-28-23)16-5-6-20-17(9-16)10-19(12-26-20)25-11-15-7-18(8-15)24(30)31/h2-6,9-10,12-13,15,18,25H,7-8,11H2,1H3,(H,27,28)(H,30,31)/t15-,18-. The van der Waals surface area contributed by atoms with Crippen LogP contribution in [0.25, 0.3) is 33.5 Å². The van der Waals surface area contributed by atoms with Crippen LogP contribution in [0.1, 0.15) is 18.5 Å². The van der Waals surface area contributed by atoms with Crippen molar-refractivity contribution in [1.29, 1.82) is 0 Å². The van der Waals surface area contributed by atoms with E-state index in [2.05, 4.69) is 37.4 Å². The van der Waals surface area contributed by atoms with Crippen molar-refractivity contribution >= 4 is 22.6 Å². The van der Waals surface area contributed by atoms with Crippen molar-refractivity contribution in [2.45, 2.75) is 19.8 Å². The molecular formula is C24H23N5O2. The summed E-state index contributed by atoms with van der Waals surface area (Å²) in [5.41, 5.74) is 6.41. The monoisotopic (exact) mass is 413 g/mol. The third-order valence-electron chi connectivity index (χ3n) is 5.92. The normalized spacial score (nSPS) is 18.0. The number of hydrogen-bond acceptors (Lipinski definition) is 5. The summed E-state index contributed by atoms with van der Waals surface area (Å²) in [5.74, 6) is -0.471. The average molecular weight is 413 g/mol. The fourth-order valence-corrected chi connectivity index (χ4v) is 4.13. The van der Waals surface area contributed by atoms with Gasteiger partial charge in [0.2, 0.25) is 0 Å². The Bertz CT molecular complexity index is 1260. The zero-order chi connectivity index (χ0) is 21.4. The summed E-state index contributed by atoms with van der Waals surface area (Å²) in [5, 5.41) is 13.5. The summed E-state index contributed by atoms with van der Waals surface area (Å²) in [7, 11) is 0. The highest BCUT2D eigenvalue weighted by Crippen LogP contribution is 2.34. The average Bonchev–Trinajstić information content (AvgIpc) is 3.22. The van der Waals surface area contributed by atoms with Gasteiger partial charge in [0.1, 0.15) is 0 Å². The number of hydrogen-bond donors (Lipinski definition) is 3. The van der Waals surface area contributed by atoms with E-state index in [4.69, 9.17) is 5.11 Å². The highest BCUT2D eigenvalue weighted by Gasteiger charge is 2.33. The third-order valence-corrected chi connectivity index (χ3v) is 5.92. The Balaban J connectivity index is 1.38. The molecular weight excluding hydrogens is 390 g/mol. The van der Waals surface area contributed by atoms with E-state index in [-0.39, 0.29) is 5.92 Å². The summed E-state index contributed by atoms with van der Waals surface area (Å²) in [4.78, 5) is 27.9. The minimum Gasteiger partial charge on any atom is -0.481 e. The molecule has 0 bridgehead atoms. The van der Waals surface area contributed by atoms with Crippen molar-refractivity contribution in [3.05, 3.63) is 60.7 Å². The number of carboxylic acids is 1. The SMILES string of the molecule is Cc1cccc(-c2[nH]cnc2-c2ccc3ncc(NC[C@H]4C[C@H](C(=O)O)C4)cc3c2)n1. The molecule has 0 atom stereocenters. The number of carboxylic acid groups (broad SMARTS) is 1. The largest absolute Gasteiger partial charge is 0.481 e. The smallest absolute Gasteiger partial charge is 0.306 e. The molecule has 7 nitrogen and oxygen atoms in total. The number of pyridine rings is 2. The zero-order valence-electron chi connectivity index (χ0n) is 17.2. The van der Waals surface area contributed by atoms with Crippen molar-refractivity contribution in [2.24, 2.45) is 11.8 Å². The number of H-pyrrole nitrogens is 1. The van der Waals surface area contributed by atoms with Crippen LogP contribution >= 0.6 is 0 Å². The molecule has 3 heterocycles. The molecule has 4 aromatic rings. The minimum atomic E-state index is -0.685. The first kappa shape index (κ1) is 19.2. The Morgan fingerprint density at radius 1 is 1.19 bits per heavy atom. The third kappa shape index (κ3) is 3.86. The van der Waals surface area contributed by atoms with Crippen molar-refractivity contribution in [2.75, 3.05) is 11.9 Å². The van der Waals surface area contributed by atoms with Gasteiger partial charge in [0, 0.05) is 23.2 Å². The Kier molecular flexibility index (Phi) is 4.86. The lowest BCUT2D eigenvalue weighted by molar-refractivity contribution is -0.146. The molecule has 156 valence electrons. The van der Waals surface area contributed by atoms with Gasteiger partial charge in [-0.1, -0.05) is 12.1 Å². The molecule has 0 amide bonds. The second kappa shape index (κ2) is 7.83. The molecule has 1 aliphatic rings. The molecule has 1 aromatic carbocycles. The van der Waals surface area contributed by atoms with E-state index in [0.29, 0.717) is 5.92 Å². The van der Waals surface area contributed by atoms with Crippen LogP contribution in [0.5, 0.6) is 0 Å². The fourth-order valence-electron chi connectivity index (χ4n) is 4.13. The van der Waals surface area contributed by atoms with Gasteiger partial charge in [0.05, 0.1) is 46.7 Å². The van der Waals surface area contributed by atoms with Gasteiger partial charge in [-0.2, -0.15) is 0 Å². The number of benzene rings is 1. The summed E-state index contributed by atoms with van der Waals surface area (Å²) in [6, 6.07) is 14.1. The van der Waals surface area contributed by atoms with Gasteiger partial charge < -0.3 is 15.4 Å². The second-order valence-electron chi connectivity index (χ2n) is 8.18. The lowest BCUT2D eigenvalue weighted by Crippen LogP contribution is -2.34. The van der Waals surface area contributed by atoms with Crippen LogP contribution in [0, 0.1) is 18.8 Å². The molecule has 3 aromatic heterocycles. The van der Waals surface area contributed by atoms with Gasteiger partial charge in [-0.25, -0.2) is 4.98 Å². The Morgan fingerprint density at radius 2 is 2.06 bits per heavy atom. The molecule has 0 radical (unpaired) electrons. The minimum absolute atomic E-state index is 0.185. The van der Waals surface area contributed by atoms with Crippen molar-refractivity contribution in [1.82, 2.24) is 19.9 Å². The number of imidazole rings is 1. The van der Waals surface area contributed by atoms with Crippen LogP contribution in [-0.2, 0) is 4.79 Å². The number of nitrogens with one attached hydrogen (secondary N) is 2. The number of carbonyl (C=O) groups is 1. The van der Waals surface area contributed by atoms with E-state index >= 15 is 0 Å². The Labute approximate surface area is 179 Å². The number of rotatable bonds is 6. The number of fused-ring (bicyclic) bond motifs is 1. The lowest BCUT2D eigenvalue weighted by atomic mass is 9.75. The summed E-state index contributed by atoms with van der Waals surface area (Å²) in [6.07, 6.45) is 4.99. The summed E-state index contributed by atoms with van der Waals surface area (Å²) >= 11 is 0. The molecule has 0 unspecified atom stereocenters. The Hall–Kier alpha value is -3.74. The van der Waals surface area contributed by atoms with Gasteiger partial charge in [-0.05, 0) is 56.0 Å². The van der Waals surface area contributed by atoms with Crippen LogP contribution in [0.15, 0.2) is 55.0 Å². The van der Waals surface area contributed by atoms with Gasteiger partial charge in [-0.3, -0.25) is 14.8 Å². The number of anilines is 1. The molecule has 0 aliphatic heterocycles. The molecule has 1 aliphatic carbocycles. The van der Waals surface area contributed by atoms with Crippen LogP contribution in [0.3, 0.4) is 0 Å². The number of aryl methyl sites for hydroxylation is 1. The summed E-state index contributed by atoms with van der Waals surface area (Å²) in [6.45, 7) is 2.74. The van der Waals surface area contributed by atoms with E-state index in [9.17, 15) is 4.79 Å². The Morgan fingerprint density at radius 3 is 2.87 bits per heavy atom. The van der Waals surface area contributed by atoms with Gasteiger partial charge in [0.25, 0.3) is 0 Å². The molecule has 3 N–H and O–H groups in total. The molecule has 1 saturated carbocycles. The molecule has 0 spiro atoms. The van der Waals surface area contributed by atoms with Crippen molar-refractivity contribution < 1.29 is 9.90 Å². The molecule has 0 saturated heterocycles. The lowest BCUT2D eigenvalue weighted by Gasteiger charge is -2.32. The maximum absolute atomic E-state index is 11.0. The van der Waals surface area contributed by atoms with E-state index in [1.54, 1.807) is 6.33 Å². The number of nitrogens with zero attached hydrogens (tertiary/aromatic N) is 3. The second-order valence-corrected chi connectivity index (χ2v) is 8.18. The van der Waals surface area contributed by atoms with Crippen molar-refractivity contribution in [3.63, 3.8) is 0 Å². The first-order valence-corrected chi connectivity index (χ1v) is 10.4. The predicted octanol–water partition coefficient (Wildman–Crippen LogP) is 4.52. The molecule has 1 fully saturated rings. The zero-order valence-corrected chi connectivity index (χ0v) is 17.2. The van der Waals surface area contributed by atoms with Crippen LogP contribution in [-0.4, -0.2) is 37.6 Å². The first-order chi connectivity index (χ1) is 15.1. The number of aromatic amines is 1. The van der Waals surface area contributed by atoms with Crippen LogP contribution < -0.4 is 5.32 Å². The highest BCUT2D eigenvalue weighted by atomic mass is 16.4. The van der Waals surface area contributed by atoms with E-state index in [1.807, 2.05) is 43.5 Å². The predicted molar refractivity (Wildman–Crippen MR) is 120 cm³/mol. The van der Waals surface area contributed by atoms with Crippen molar-refractivity contribution in [3.8, 4) is 22.6 Å².